The van der Waals surface area contributed by atoms with Crippen LogP contribution in [0.4, 0.5) is 0 Å². The SMILES string of the molecule is NCCCCC/C(N)=N/N=C(\N)c1ncccn1. The Morgan fingerprint density at radius 2 is 1.78 bits per heavy atom. The summed E-state index contributed by atoms with van der Waals surface area (Å²) in [4.78, 5) is 7.90. The second kappa shape index (κ2) is 8.13. The van der Waals surface area contributed by atoms with Crippen molar-refractivity contribution in [2.24, 2.45) is 27.4 Å². The molecular formula is C11H19N7. The molecule has 98 valence electrons. The van der Waals surface area contributed by atoms with Gasteiger partial charge in [-0.2, -0.15) is 0 Å². The van der Waals surface area contributed by atoms with E-state index in [0.29, 0.717) is 24.6 Å². The third-order valence-corrected chi connectivity index (χ3v) is 2.22. The van der Waals surface area contributed by atoms with Gasteiger partial charge in [0.1, 0.15) is 5.84 Å². The van der Waals surface area contributed by atoms with Crippen molar-refractivity contribution in [3.05, 3.63) is 24.3 Å². The summed E-state index contributed by atoms with van der Waals surface area (Å²) in [5, 5.41) is 7.65. The predicted octanol–water partition coefficient (Wildman–Crippen LogP) is -0.0268. The van der Waals surface area contributed by atoms with Gasteiger partial charge >= 0.3 is 0 Å². The van der Waals surface area contributed by atoms with Crippen molar-refractivity contribution in [2.75, 3.05) is 6.54 Å². The minimum atomic E-state index is 0.153. The second-order valence-electron chi connectivity index (χ2n) is 3.75. The van der Waals surface area contributed by atoms with Crippen molar-refractivity contribution >= 4 is 11.7 Å². The third kappa shape index (κ3) is 5.35. The molecule has 0 spiro atoms. The Morgan fingerprint density at radius 3 is 2.44 bits per heavy atom. The maximum Gasteiger partial charge on any atom is 0.196 e. The van der Waals surface area contributed by atoms with Crippen LogP contribution in [0.5, 0.6) is 0 Å². The quantitative estimate of drug-likeness (QED) is 0.270. The van der Waals surface area contributed by atoms with Crippen LogP contribution < -0.4 is 17.2 Å². The molecule has 0 aliphatic rings. The van der Waals surface area contributed by atoms with Crippen molar-refractivity contribution in [2.45, 2.75) is 25.7 Å². The van der Waals surface area contributed by atoms with Crippen LogP contribution in [-0.2, 0) is 0 Å². The van der Waals surface area contributed by atoms with Crippen molar-refractivity contribution in [1.82, 2.24) is 9.97 Å². The number of nitrogens with two attached hydrogens (primary N) is 3. The smallest absolute Gasteiger partial charge is 0.196 e. The molecule has 0 radical (unpaired) electrons. The highest BCUT2D eigenvalue weighted by Gasteiger charge is 1.99. The first-order chi connectivity index (χ1) is 8.74. The normalized spacial score (nSPS) is 12.7. The Kier molecular flexibility index (Phi) is 6.34. The molecule has 7 heteroatoms. The van der Waals surface area contributed by atoms with Crippen LogP contribution in [0.15, 0.2) is 28.7 Å². The van der Waals surface area contributed by atoms with Crippen molar-refractivity contribution in [3.8, 4) is 0 Å². The molecule has 0 aromatic carbocycles. The molecule has 7 nitrogen and oxygen atoms in total. The summed E-state index contributed by atoms with van der Waals surface area (Å²) in [5.41, 5.74) is 16.8. The first-order valence-corrected chi connectivity index (χ1v) is 5.87. The molecule has 1 aromatic heterocycles. The van der Waals surface area contributed by atoms with Gasteiger partial charge in [-0.05, 0) is 25.5 Å². The van der Waals surface area contributed by atoms with E-state index in [2.05, 4.69) is 20.2 Å². The number of hydrogen-bond donors (Lipinski definition) is 3. The van der Waals surface area contributed by atoms with Gasteiger partial charge in [0, 0.05) is 18.8 Å². The first kappa shape index (κ1) is 14.0. The van der Waals surface area contributed by atoms with E-state index in [1.54, 1.807) is 18.5 Å². The molecule has 18 heavy (non-hydrogen) atoms. The summed E-state index contributed by atoms with van der Waals surface area (Å²) in [5.74, 6) is 0.948. The molecule has 0 saturated carbocycles. The van der Waals surface area contributed by atoms with Crippen molar-refractivity contribution in [1.29, 1.82) is 0 Å². The zero-order valence-corrected chi connectivity index (χ0v) is 10.3. The second-order valence-corrected chi connectivity index (χ2v) is 3.75. The van der Waals surface area contributed by atoms with Crippen LogP contribution in [0.3, 0.4) is 0 Å². The highest BCUT2D eigenvalue weighted by atomic mass is 15.3. The molecule has 0 amide bonds. The van der Waals surface area contributed by atoms with Crippen molar-refractivity contribution in [3.63, 3.8) is 0 Å². The summed E-state index contributed by atoms with van der Waals surface area (Å²) >= 11 is 0. The summed E-state index contributed by atoms with van der Waals surface area (Å²) in [7, 11) is 0. The Morgan fingerprint density at radius 1 is 1.06 bits per heavy atom. The lowest BCUT2D eigenvalue weighted by Crippen LogP contribution is -2.17. The lowest BCUT2D eigenvalue weighted by atomic mass is 10.2. The van der Waals surface area contributed by atoms with Crippen LogP contribution >= 0.6 is 0 Å². The lowest BCUT2D eigenvalue weighted by Gasteiger charge is -1.99. The van der Waals surface area contributed by atoms with Crippen LogP contribution in [0.1, 0.15) is 31.5 Å². The van der Waals surface area contributed by atoms with E-state index in [-0.39, 0.29) is 5.84 Å². The Labute approximate surface area is 106 Å². The van der Waals surface area contributed by atoms with Crippen molar-refractivity contribution < 1.29 is 0 Å². The average Bonchev–Trinajstić information content (AvgIpc) is 2.42. The van der Waals surface area contributed by atoms with E-state index < -0.39 is 0 Å². The maximum absolute atomic E-state index is 5.70. The molecule has 0 bridgehead atoms. The standard InChI is InChI=1S/C11H19N7/c12-6-3-1-2-5-9(13)17-18-10(14)11-15-7-4-8-16-11/h4,7-8H,1-3,5-6,12H2,(H2,13,17)(H2,14,18). The fourth-order valence-corrected chi connectivity index (χ4v) is 1.27. The minimum Gasteiger partial charge on any atom is -0.386 e. The predicted molar refractivity (Wildman–Crippen MR) is 71.9 cm³/mol. The van der Waals surface area contributed by atoms with E-state index >= 15 is 0 Å². The van der Waals surface area contributed by atoms with Crippen LogP contribution in [0, 0.1) is 0 Å². The summed E-state index contributed by atoms with van der Waals surface area (Å²) in [6.45, 7) is 0.702. The lowest BCUT2D eigenvalue weighted by molar-refractivity contribution is 0.703. The largest absolute Gasteiger partial charge is 0.386 e. The van der Waals surface area contributed by atoms with Gasteiger partial charge in [-0.3, -0.25) is 0 Å². The molecule has 1 rings (SSSR count). The van der Waals surface area contributed by atoms with E-state index in [1.165, 1.54) is 0 Å². The fraction of sp³-hybridized carbons (Fsp3) is 0.455. The molecule has 0 unspecified atom stereocenters. The van der Waals surface area contributed by atoms with Gasteiger partial charge in [0.25, 0.3) is 0 Å². The Balaban J connectivity index is 2.46. The van der Waals surface area contributed by atoms with Gasteiger partial charge in [0.15, 0.2) is 11.7 Å². The first-order valence-electron chi connectivity index (χ1n) is 5.87. The zero-order valence-electron chi connectivity index (χ0n) is 10.3. The fourth-order valence-electron chi connectivity index (χ4n) is 1.27. The molecule has 1 heterocycles. The molecular weight excluding hydrogens is 230 g/mol. The molecule has 0 fully saturated rings. The maximum atomic E-state index is 5.70. The van der Waals surface area contributed by atoms with E-state index in [1.807, 2.05) is 0 Å². The highest BCUT2D eigenvalue weighted by Crippen LogP contribution is 1.98. The Bertz CT molecular complexity index is 399. The van der Waals surface area contributed by atoms with Crippen LogP contribution in [-0.4, -0.2) is 28.2 Å². The van der Waals surface area contributed by atoms with Crippen LogP contribution in [0.25, 0.3) is 0 Å². The topological polar surface area (TPSA) is 129 Å². The number of nitrogens with zero attached hydrogens (tertiary/aromatic N) is 4. The van der Waals surface area contributed by atoms with E-state index in [4.69, 9.17) is 17.2 Å². The average molecular weight is 249 g/mol. The molecule has 0 saturated heterocycles. The number of amidine groups is 2. The van der Waals surface area contributed by atoms with Gasteiger partial charge in [-0.25, -0.2) is 9.97 Å². The minimum absolute atomic E-state index is 0.153. The van der Waals surface area contributed by atoms with Gasteiger partial charge in [-0.1, -0.05) is 6.42 Å². The summed E-state index contributed by atoms with van der Waals surface area (Å²) in [6.07, 6.45) is 6.84. The van der Waals surface area contributed by atoms with E-state index in [9.17, 15) is 0 Å². The number of hydrogen-bond acceptors (Lipinski definition) is 5. The van der Waals surface area contributed by atoms with Crippen LogP contribution in [0.2, 0.25) is 0 Å². The third-order valence-electron chi connectivity index (χ3n) is 2.22. The van der Waals surface area contributed by atoms with E-state index in [0.717, 1.165) is 19.3 Å². The molecule has 0 aliphatic heterocycles. The molecule has 0 atom stereocenters. The number of unbranched alkanes of at least 4 members (excludes halogenated alkanes) is 2. The summed E-state index contributed by atoms with van der Waals surface area (Å²) < 4.78 is 0. The zero-order chi connectivity index (χ0) is 13.2. The van der Waals surface area contributed by atoms with Gasteiger partial charge in [-0.15, -0.1) is 10.2 Å². The van der Waals surface area contributed by atoms with Gasteiger partial charge in [0.2, 0.25) is 0 Å². The monoisotopic (exact) mass is 249 g/mol. The molecule has 0 aliphatic carbocycles. The summed E-state index contributed by atoms with van der Waals surface area (Å²) in [6, 6.07) is 1.70. The molecule has 1 aromatic rings. The Hall–Kier alpha value is -2.02. The number of rotatable bonds is 7. The highest BCUT2D eigenvalue weighted by molar-refractivity contribution is 5.94. The van der Waals surface area contributed by atoms with Gasteiger partial charge in [0.05, 0.1) is 0 Å². The molecule has 6 N–H and O–H groups in total. The van der Waals surface area contributed by atoms with Gasteiger partial charge < -0.3 is 17.2 Å². The number of aromatic nitrogens is 2.